The Labute approximate surface area is 230 Å². The van der Waals surface area contributed by atoms with Gasteiger partial charge in [-0.3, -0.25) is 0 Å². The van der Waals surface area contributed by atoms with Gasteiger partial charge in [0.2, 0.25) is 0 Å². The molecule has 0 fully saturated rings. The van der Waals surface area contributed by atoms with Gasteiger partial charge in [-0.25, -0.2) is 4.98 Å². The van der Waals surface area contributed by atoms with Crippen LogP contribution in [0.25, 0.3) is 21.7 Å². The summed E-state index contributed by atoms with van der Waals surface area (Å²) in [5, 5.41) is 14.9. The van der Waals surface area contributed by atoms with Crippen LogP contribution in [0, 0.1) is 0 Å². The molecule has 2 aromatic carbocycles. The second-order valence-electron chi connectivity index (χ2n) is 8.91. The summed E-state index contributed by atoms with van der Waals surface area (Å²) in [5.41, 5.74) is 2.39. The Balaban J connectivity index is 0.00000342. The Morgan fingerprint density at radius 2 is 1.97 bits per heavy atom. The molecular formula is C26H26NNaO6S. The molecule has 2 aromatic heterocycles. The second kappa shape index (κ2) is 11.0. The number of ether oxygens (including phenoxy) is 3. The van der Waals surface area contributed by atoms with Crippen molar-refractivity contribution in [2.75, 3.05) is 7.11 Å². The fraction of sp³-hybridized carbons (Fsp3) is 0.308. The smallest absolute Gasteiger partial charge is 0.546 e. The normalized spacial score (nSPS) is 12.1. The molecule has 0 amide bonds. The molecule has 1 atom stereocenters. The number of para-hydroxylation sites is 1. The van der Waals surface area contributed by atoms with E-state index in [0.29, 0.717) is 28.6 Å². The third-order valence-electron chi connectivity index (χ3n) is 5.27. The molecular weight excluding hydrogens is 477 g/mol. The minimum absolute atomic E-state index is 0. The number of nitrogens with zero attached hydrogens (tertiary/aromatic N) is 1. The van der Waals surface area contributed by atoms with E-state index in [2.05, 4.69) is 26.2 Å². The number of methoxy groups -OCH3 is 1. The monoisotopic (exact) mass is 503 g/mol. The minimum Gasteiger partial charge on any atom is -0.546 e. The van der Waals surface area contributed by atoms with Gasteiger partial charge >= 0.3 is 29.6 Å². The van der Waals surface area contributed by atoms with Crippen LogP contribution in [0.1, 0.15) is 39.0 Å². The predicted octanol–water partition coefficient (Wildman–Crippen LogP) is 1.96. The van der Waals surface area contributed by atoms with Gasteiger partial charge < -0.3 is 28.5 Å². The van der Waals surface area contributed by atoms with E-state index in [1.807, 2.05) is 24.3 Å². The second-order valence-corrected chi connectivity index (χ2v) is 9.77. The van der Waals surface area contributed by atoms with Gasteiger partial charge in [0.25, 0.3) is 0 Å². The quantitative estimate of drug-likeness (QED) is 0.340. The summed E-state index contributed by atoms with van der Waals surface area (Å²) < 4.78 is 22.9. The number of rotatable bonds is 8. The molecule has 0 bridgehead atoms. The molecule has 35 heavy (non-hydrogen) atoms. The van der Waals surface area contributed by atoms with Crippen molar-refractivity contribution >= 4 is 28.3 Å². The van der Waals surface area contributed by atoms with Crippen molar-refractivity contribution in [1.82, 2.24) is 4.98 Å². The van der Waals surface area contributed by atoms with Crippen LogP contribution in [-0.2, 0) is 16.8 Å². The van der Waals surface area contributed by atoms with Gasteiger partial charge in [0.15, 0.2) is 22.3 Å². The number of thiazole rings is 1. The molecule has 4 aromatic rings. The van der Waals surface area contributed by atoms with E-state index < -0.39 is 12.1 Å². The first-order valence-corrected chi connectivity index (χ1v) is 11.7. The number of carbonyl (C=O) groups excluding carboxylic acids is 1. The number of furan rings is 1. The van der Waals surface area contributed by atoms with Crippen molar-refractivity contribution in [3.8, 4) is 28.0 Å². The molecule has 0 saturated heterocycles. The Kier molecular flexibility index (Phi) is 8.54. The van der Waals surface area contributed by atoms with E-state index in [4.69, 9.17) is 23.6 Å². The van der Waals surface area contributed by atoms with Gasteiger partial charge in [0, 0.05) is 21.7 Å². The molecule has 0 aliphatic carbocycles. The van der Waals surface area contributed by atoms with Crippen molar-refractivity contribution in [3.05, 3.63) is 59.1 Å². The molecule has 0 unspecified atom stereocenters. The Hall–Kier alpha value is -2.52. The van der Waals surface area contributed by atoms with Crippen LogP contribution in [0.15, 0.2) is 52.3 Å². The van der Waals surface area contributed by atoms with Gasteiger partial charge in [-0.05, 0) is 37.3 Å². The summed E-state index contributed by atoms with van der Waals surface area (Å²) in [6.07, 6.45) is -1.14. The summed E-state index contributed by atoms with van der Waals surface area (Å²) in [4.78, 5) is 15.9. The number of aliphatic carboxylic acids is 1. The summed E-state index contributed by atoms with van der Waals surface area (Å²) in [7, 11) is 1.49. The van der Waals surface area contributed by atoms with Crippen molar-refractivity contribution in [2.45, 2.75) is 45.8 Å². The van der Waals surface area contributed by atoms with E-state index in [-0.39, 0.29) is 41.6 Å². The third kappa shape index (κ3) is 6.19. The Bertz CT molecular complexity index is 1320. The van der Waals surface area contributed by atoms with Crippen molar-refractivity contribution in [3.63, 3.8) is 0 Å². The largest absolute Gasteiger partial charge is 1.00 e. The first-order chi connectivity index (χ1) is 16.2. The van der Waals surface area contributed by atoms with Gasteiger partial charge in [0.05, 0.1) is 18.8 Å². The van der Waals surface area contributed by atoms with Crippen LogP contribution >= 0.6 is 11.3 Å². The molecule has 2 heterocycles. The van der Waals surface area contributed by atoms with Gasteiger partial charge in [-0.2, -0.15) is 0 Å². The van der Waals surface area contributed by atoms with E-state index >= 15 is 0 Å². The number of fused-ring (bicyclic) bond motifs is 1. The van der Waals surface area contributed by atoms with E-state index in [1.165, 1.54) is 14.0 Å². The molecule has 9 heteroatoms. The van der Waals surface area contributed by atoms with E-state index in [0.717, 1.165) is 21.7 Å². The predicted molar refractivity (Wildman–Crippen MR) is 128 cm³/mol. The Morgan fingerprint density at radius 1 is 1.20 bits per heavy atom. The maximum atomic E-state index is 11.2. The summed E-state index contributed by atoms with van der Waals surface area (Å²) in [5.74, 6) is 0.770. The summed E-state index contributed by atoms with van der Waals surface area (Å²) in [6, 6.07) is 12.8. The fourth-order valence-corrected chi connectivity index (χ4v) is 4.30. The molecule has 178 valence electrons. The van der Waals surface area contributed by atoms with Crippen LogP contribution in [0.3, 0.4) is 0 Å². The maximum absolute atomic E-state index is 11.2. The van der Waals surface area contributed by atoms with E-state index in [1.54, 1.807) is 29.5 Å². The minimum atomic E-state index is -1.31. The van der Waals surface area contributed by atoms with Crippen molar-refractivity contribution in [2.24, 2.45) is 0 Å². The summed E-state index contributed by atoms with van der Waals surface area (Å²) >= 11 is 1.56. The van der Waals surface area contributed by atoms with Crippen LogP contribution < -0.4 is 48.9 Å². The first kappa shape index (κ1) is 27.1. The molecule has 0 aliphatic heterocycles. The first-order valence-electron chi connectivity index (χ1n) is 10.8. The number of carbonyl (C=O) groups is 1. The molecule has 7 nitrogen and oxygen atoms in total. The standard InChI is InChI=1S/C26H27NO6S.Na/c1-15(25(28)29)32-23-16(7-6-8-20(23)30-5)13-31-18-9-10-19-17(11-18)12-21(33-19)24-27-22(14-34-24)26(2,3)4;/h6-12,14-15H,13H2,1-5H3,(H,28,29);/q;+1/p-1/t15-;/m1./s1. The molecule has 0 radical (unpaired) electrons. The average Bonchev–Trinajstić information content (AvgIpc) is 3.45. The van der Waals surface area contributed by atoms with Crippen molar-refractivity contribution < 1.29 is 58.1 Å². The van der Waals surface area contributed by atoms with E-state index in [9.17, 15) is 9.90 Å². The zero-order chi connectivity index (χ0) is 24.5. The molecule has 0 N–H and O–H groups in total. The number of hydrogen-bond donors (Lipinski definition) is 0. The molecule has 0 aliphatic rings. The van der Waals surface area contributed by atoms with Gasteiger partial charge in [-0.15, -0.1) is 11.3 Å². The van der Waals surface area contributed by atoms with Crippen LogP contribution in [0.4, 0.5) is 0 Å². The maximum Gasteiger partial charge on any atom is 1.00 e. The summed E-state index contributed by atoms with van der Waals surface area (Å²) in [6.45, 7) is 7.96. The van der Waals surface area contributed by atoms with Crippen LogP contribution in [-0.4, -0.2) is 24.2 Å². The molecule has 0 saturated carbocycles. The number of benzene rings is 2. The number of aromatic nitrogens is 1. The van der Waals surface area contributed by atoms with Gasteiger partial charge in [0.1, 0.15) is 24.0 Å². The number of carboxylic acids is 1. The zero-order valence-corrected chi connectivity index (χ0v) is 23.5. The van der Waals surface area contributed by atoms with Crippen LogP contribution in [0.5, 0.6) is 17.2 Å². The van der Waals surface area contributed by atoms with Crippen molar-refractivity contribution in [1.29, 1.82) is 0 Å². The van der Waals surface area contributed by atoms with Gasteiger partial charge in [-0.1, -0.05) is 32.9 Å². The average molecular weight is 504 g/mol. The number of hydrogen-bond acceptors (Lipinski definition) is 8. The fourth-order valence-electron chi connectivity index (χ4n) is 3.30. The van der Waals surface area contributed by atoms with Crippen LogP contribution in [0.2, 0.25) is 0 Å². The zero-order valence-electron chi connectivity index (χ0n) is 20.7. The number of carboxylic acid groups (broad SMARTS) is 1. The topological polar surface area (TPSA) is 93.8 Å². The molecule has 4 rings (SSSR count). The SMILES string of the molecule is COc1cccc(COc2ccc3oc(-c4nc(C(C)(C)C)cs4)cc3c2)c1O[C@H](C)C(=O)[O-].[Na+]. The third-order valence-corrected chi connectivity index (χ3v) is 6.13. The molecule has 0 spiro atoms. The Morgan fingerprint density at radius 3 is 2.63 bits per heavy atom.